The van der Waals surface area contributed by atoms with Crippen LogP contribution >= 0.6 is 0 Å². The van der Waals surface area contributed by atoms with Crippen molar-refractivity contribution in [2.45, 2.75) is 17.9 Å². The molecule has 21 heavy (non-hydrogen) atoms. The molecule has 0 saturated heterocycles. The Morgan fingerprint density at radius 2 is 1.90 bits per heavy atom. The molecule has 2 N–H and O–H groups in total. The number of hydrogen-bond acceptors (Lipinski definition) is 5. The van der Waals surface area contributed by atoms with Crippen LogP contribution in [0.2, 0.25) is 0 Å². The molecule has 1 amide bonds. The Kier molecular flexibility index (Phi) is 6.32. The summed E-state index contributed by atoms with van der Waals surface area (Å²) in [4.78, 5) is 13.9. The van der Waals surface area contributed by atoms with Crippen molar-refractivity contribution >= 4 is 15.7 Å². The summed E-state index contributed by atoms with van der Waals surface area (Å²) in [5.41, 5.74) is 5.97. The first kappa shape index (κ1) is 17.6. The zero-order valence-electron chi connectivity index (χ0n) is 12.6. The van der Waals surface area contributed by atoms with Crippen LogP contribution in [0.3, 0.4) is 0 Å². The van der Waals surface area contributed by atoms with Gasteiger partial charge in [-0.3, -0.25) is 4.79 Å². The normalized spacial score (nSPS) is 13.0. The number of methoxy groups -OCH3 is 1. The third-order valence-corrected chi connectivity index (χ3v) is 5.03. The van der Waals surface area contributed by atoms with Gasteiger partial charge in [-0.1, -0.05) is 0 Å². The third kappa shape index (κ3) is 4.52. The number of ether oxygens (including phenoxy) is 1. The van der Waals surface area contributed by atoms with Crippen molar-refractivity contribution in [1.82, 2.24) is 4.90 Å². The van der Waals surface area contributed by atoms with Gasteiger partial charge in [0.2, 0.25) is 0 Å². The monoisotopic (exact) mass is 314 g/mol. The first-order valence-electron chi connectivity index (χ1n) is 6.62. The maximum absolute atomic E-state index is 12.2. The Hall–Kier alpha value is -1.44. The maximum atomic E-state index is 12.2. The van der Waals surface area contributed by atoms with Crippen LogP contribution in [-0.2, 0) is 14.6 Å². The lowest BCUT2D eigenvalue weighted by Crippen LogP contribution is -2.39. The number of hydrogen-bond donors (Lipinski definition) is 1. The van der Waals surface area contributed by atoms with E-state index in [1.54, 1.807) is 7.05 Å². The van der Waals surface area contributed by atoms with Gasteiger partial charge < -0.3 is 15.4 Å². The standard InChI is InChI=1S/C14H22N2O4S/c1-11(10-15)16(2)14(17)12-4-6-13(7-5-12)21(18,19)9-8-20-3/h4-7,11H,8-10,15H2,1-3H3. The van der Waals surface area contributed by atoms with E-state index >= 15 is 0 Å². The first-order valence-corrected chi connectivity index (χ1v) is 8.27. The molecule has 1 unspecified atom stereocenters. The molecular formula is C14H22N2O4S. The molecule has 0 aliphatic heterocycles. The van der Waals surface area contributed by atoms with E-state index in [4.69, 9.17) is 10.5 Å². The van der Waals surface area contributed by atoms with Gasteiger partial charge in [0.15, 0.2) is 9.84 Å². The number of rotatable bonds is 7. The Labute approximate surface area is 125 Å². The summed E-state index contributed by atoms with van der Waals surface area (Å²) < 4.78 is 28.7. The summed E-state index contributed by atoms with van der Waals surface area (Å²) in [6, 6.07) is 5.84. The van der Waals surface area contributed by atoms with E-state index in [0.29, 0.717) is 12.1 Å². The van der Waals surface area contributed by atoms with E-state index < -0.39 is 9.84 Å². The van der Waals surface area contributed by atoms with E-state index in [2.05, 4.69) is 0 Å². The number of nitrogens with zero attached hydrogens (tertiary/aromatic N) is 1. The Morgan fingerprint density at radius 1 is 1.33 bits per heavy atom. The second kappa shape index (κ2) is 7.53. The number of sulfone groups is 1. The van der Waals surface area contributed by atoms with Crippen LogP contribution in [0.25, 0.3) is 0 Å². The van der Waals surface area contributed by atoms with Crippen LogP contribution in [0.4, 0.5) is 0 Å². The highest BCUT2D eigenvalue weighted by molar-refractivity contribution is 7.91. The number of carbonyl (C=O) groups is 1. The van der Waals surface area contributed by atoms with E-state index in [0.717, 1.165) is 0 Å². The molecule has 0 fully saturated rings. The van der Waals surface area contributed by atoms with E-state index in [1.807, 2.05) is 6.92 Å². The van der Waals surface area contributed by atoms with Crippen LogP contribution in [0.5, 0.6) is 0 Å². The number of carbonyl (C=O) groups excluding carboxylic acids is 1. The molecule has 0 aromatic heterocycles. The molecule has 0 heterocycles. The summed E-state index contributed by atoms with van der Waals surface area (Å²) >= 11 is 0. The fraction of sp³-hybridized carbons (Fsp3) is 0.500. The SMILES string of the molecule is COCCS(=O)(=O)c1ccc(C(=O)N(C)C(C)CN)cc1. The molecule has 6 nitrogen and oxygen atoms in total. The van der Waals surface area contributed by atoms with Gasteiger partial charge in [0.05, 0.1) is 17.3 Å². The summed E-state index contributed by atoms with van der Waals surface area (Å²) in [6.45, 7) is 2.35. The van der Waals surface area contributed by atoms with Crippen LogP contribution in [0, 0.1) is 0 Å². The van der Waals surface area contributed by atoms with Gasteiger partial charge in [0.25, 0.3) is 5.91 Å². The van der Waals surface area contributed by atoms with Gasteiger partial charge in [0.1, 0.15) is 0 Å². The molecule has 7 heteroatoms. The minimum atomic E-state index is -3.38. The Balaban J connectivity index is 2.90. The fourth-order valence-corrected chi connectivity index (χ4v) is 2.85. The molecule has 1 aromatic rings. The summed E-state index contributed by atoms with van der Waals surface area (Å²) in [6.07, 6.45) is 0. The van der Waals surface area contributed by atoms with Crippen molar-refractivity contribution < 1.29 is 17.9 Å². The van der Waals surface area contributed by atoms with Crippen molar-refractivity contribution in [3.05, 3.63) is 29.8 Å². The van der Waals surface area contributed by atoms with Crippen LogP contribution < -0.4 is 5.73 Å². The van der Waals surface area contributed by atoms with E-state index in [-0.39, 0.29) is 29.2 Å². The molecule has 1 rings (SSSR count). The van der Waals surface area contributed by atoms with E-state index in [1.165, 1.54) is 36.3 Å². The number of nitrogens with two attached hydrogens (primary N) is 1. The molecular weight excluding hydrogens is 292 g/mol. The van der Waals surface area contributed by atoms with Gasteiger partial charge in [-0.15, -0.1) is 0 Å². The Bertz CT molecular complexity index is 569. The van der Waals surface area contributed by atoms with Gasteiger partial charge in [0, 0.05) is 32.3 Å². The number of likely N-dealkylation sites (N-methyl/N-ethyl adjacent to an activating group) is 1. The lowest BCUT2D eigenvalue weighted by Gasteiger charge is -2.23. The lowest BCUT2D eigenvalue weighted by molar-refractivity contribution is 0.0748. The summed E-state index contributed by atoms with van der Waals surface area (Å²) in [5.74, 6) is -0.269. The summed E-state index contributed by atoms with van der Waals surface area (Å²) in [5, 5.41) is 0. The quantitative estimate of drug-likeness (QED) is 0.793. The zero-order chi connectivity index (χ0) is 16.0. The average Bonchev–Trinajstić information content (AvgIpc) is 2.50. The van der Waals surface area contributed by atoms with Crippen molar-refractivity contribution in [3.63, 3.8) is 0 Å². The van der Waals surface area contributed by atoms with Crippen molar-refractivity contribution in [2.24, 2.45) is 5.73 Å². The molecule has 0 aliphatic carbocycles. The molecule has 0 spiro atoms. The molecule has 0 radical (unpaired) electrons. The highest BCUT2D eigenvalue weighted by Crippen LogP contribution is 2.14. The van der Waals surface area contributed by atoms with Crippen molar-refractivity contribution in [2.75, 3.05) is 33.1 Å². The van der Waals surface area contributed by atoms with Crippen LogP contribution in [0.15, 0.2) is 29.2 Å². The van der Waals surface area contributed by atoms with Gasteiger partial charge in [-0.25, -0.2) is 8.42 Å². The predicted octanol–water partition coefficient (Wildman–Crippen LogP) is 0.526. The highest BCUT2D eigenvalue weighted by atomic mass is 32.2. The molecule has 0 saturated carbocycles. The maximum Gasteiger partial charge on any atom is 0.253 e. The third-order valence-electron chi connectivity index (χ3n) is 3.34. The van der Waals surface area contributed by atoms with Crippen molar-refractivity contribution in [3.8, 4) is 0 Å². The summed E-state index contributed by atoms with van der Waals surface area (Å²) in [7, 11) is -0.256. The van der Waals surface area contributed by atoms with Gasteiger partial charge in [-0.05, 0) is 31.2 Å². The van der Waals surface area contributed by atoms with Crippen molar-refractivity contribution in [1.29, 1.82) is 0 Å². The second-order valence-corrected chi connectivity index (χ2v) is 6.95. The number of amides is 1. The average molecular weight is 314 g/mol. The Morgan fingerprint density at radius 3 is 2.38 bits per heavy atom. The molecule has 0 aliphatic rings. The minimum Gasteiger partial charge on any atom is -0.384 e. The predicted molar refractivity (Wildman–Crippen MR) is 81.0 cm³/mol. The van der Waals surface area contributed by atoms with E-state index in [9.17, 15) is 13.2 Å². The fourth-order valence-electron chi connectivity index (χ4n) is 1.68. The molecule has 0 bridgehead atoms. The van der Waals surface area contributed by atoms with Gasteiger partial charge in [-0.2, -0.15) is 0 Å². The molecule has 1 aromatic carbocycles. The van der Waals surface area contributed by atoms with Crippen LogP contribution in [-0.4, -0.2) is 58.3 Å². The zero-order valence-corrected chi connectivity index (χ0v) is 13.4. The largest absolute Gasteiger partial charge is 0.384 e. The topological polar surface area (TPSA) is 89.7 Å². The first-order chi connectivity index (χ1) is 9.83. The van der Waals surface area contributed by atoms with Gasteiger partial charge >= 0.3 is 0 Å². The molecule has 118 valence electrons. The smallest absolute Gasteiger partial charge is 0.253 e. The highest BCUT2D eigenvalue weighted by Gasteiger charge is 2.18. The number of benzene rings is 1. The molecule has 1 atom stereocenters. The van der Waals surface area contributed by atoms with Crippen LogP contribution in [0.1, 0.15) is 17.3 Å². The minimum absolute atomic E-state index is 0.0809. The second-order valence-electron chi connectivity index (χ2n) is 4.84. The lowest BCUT2D eigenvalue weighted by atomic mass is 10.2.